The third-order valence-corrected chi connectivity index (χ3v) is 3.63. The second kappa shape index (κ2) is 8.92. The van der Waals surface area contributed by atoms with Gasteiger partial charge >= 0.3 is 11.8 Å². The smallest absolute Gasteiger partial charge is 0.329 e. The highest BCUT2D eigenvalue weighted by molar-refractivity contribution is 6.39. The Morgan fingerprint density at radius 3 is 2.30 bits per heavy atom. The van der Waals surface area contributed by atoms with Crippen LogP contribution in [0.2, 0.25) is 0 Å². The molecule has 2 N–H and O–H groups in total. The zero-order valence-electron chi connectivity index (χ0n) is 13.4. The zero-order chi connectivity index (χ0) is 16.5. The Balaban J connectivity index is 1.84. The summed E-state index contributed by atoms with van der Waals surface area (Å²) in [6.07, 6.45) is 6.36. The maximum Gasteiger partial charge on any atom is 0.329 e. The second-order valence-electron chi connectivity index (χ2n) is 5.44. The van der Waals surface area contributed by atoms with Crippen molar-refractivity contribution >= 4 is 23.2 Å². The van der Waals surface area contributed by atoms with E-state index in [1.54, 1.807) is 24.3 Å². The first kappa shape index (κ1) is 17.0. The molecule has 6 nitrogen and oxygen atoms in total. The van der Waals surface area contributed by atoms with Crippen molar-refractivity contribution in [1.29, 1.82) is 0 Å². The van der Waals surface area contributed by atoms with Gasteiger partial charge in [-0.05, 0) is 56.9 Å². The minimum absolute atomic E-state index is 0.538. The van der Waals surface area contributed by atoms with Gasteiger partial charge in [0, 0.05) is 11.4 Å². The molecule has 1 aliphatic rings. The van der Waals surface area contributed by atoms with Crippen molar-refractivity contribution < 1.29 is 14.3 Å². The average molecular weight is 317 g/mol. The van der Waals surface area contributed by atoms with Crippen LogP contribution in [0.1, 0.15) is 45.4 Å². The first-order valence-corrected chi connectivity index (χ1v) is 8.08. The largest absolute Gasteiger partial charge is 0.494 e. The molecule has 0 atom stereocenters. The number of anilines is 1. The topological polar surface area (TPSA) is 79.8 Å². The summed E-state index contributed by atoms with van der Waals surface area (Å²) in [7, 11) is 0. The number of hydrazone groups is 1. The second-order valence-corrected chi connectivity index (χ2v) is 5.44. The fourth-order valence-corrected chi connectivity index (χ4v) is 2.42. The van der Waals surface area contributed by atoms with E-state index in [2.05, 4.69) is 15.8 Å². The minimum atomic E-state index is -0.754. The molecular formula is C17H23N3O3. The van der Waals surface area contributed by atoms with E-state index in [4.69, 9.17) is 4.74 Å². The highest BCUT2D eigenvalue weighted by atomic mass is 16.5. The molecule has 2 amide bonds. The van der Waals surface area contributed by atoms with Crippen molar-refractivity contribution in [3.8, 4) is 5.75 Å². The molecule has 1 aromatic rings. The van der Waals surface area contributed by atoms with Gasteiger partial charge in [0.15, 0.2) is 0 Å². The average Bonchev–Trinajstić information content (AvgIpc) is 2.83. The molecule has 0 saturated heterocycles. The molecule has 1 aromatic carbocycles. The number of amides is 2. The minimum Gasteiger partial charge on any atom is -0.494 e. The summed E-state index contributed by atoms with van der Waals surface area (Å²) in [4.78, 5) is 23.6. The maximum atomic E-state index is 11.8. The molecule has 23 heavy (non-hydrogen) atoms. The van der Waals surface area contributed by atoms with Crippen LogP contribution in [-0.2, 0) is 9.59 Å². The van der Waals surface area contributed by atoms with Gasteiger partial charge in [-0.25, -0.2) is 5.43 Å². The summed E-state index contributed by atoms with van der Waals surface area (Å²) in [5, 5.41) is 6.62. The van der Waals surface area contributed by atoms with Crippen molar-refractivity contribution in [1.82, 2.24) is 5.43 Å². The van der Waals surface area contributed by atoms with E-state index in [0.717, 1.165) is 37.1 Å². The Kier molecular flexibility index (Phi) is 6.59. The van der Waals surface area contributed by atoms with Crippen LogP contribution in [0.5, 0.6) is 5.75 Å². The number of ether oxygens (including phenoxy) is 1. The van der Waals surface area contributed by atoms with Crippen molar-refractivity contribution in [3.63, 3.8) is 0 Å². The van der Waals surface area contributed by atoms with E-state index in [-0.39, 0.29) is 0 Å². The lowest BCUT2D eigenvalue weighted by Gasteiger charge is -2.07. The molecule has 0 aromatic heterocycles. The Labute approximate surface area is 136 Å². The molecule has 1 aliphatic carbocycles. The van der Waals surface area contributed by atoms with Crippen LogP contribution < -0.4 is 15.5 Å². The molecule has 0 bridgehead atoms. The number of nitrogens with zero attached hydrogens (tertiary/aromatic N) is 1. The molecule has 0 heterocycles. The van der Waals surface area contributed by atoms with Crippen LogP contribution in [0.15, 0.2) is 29.4 Å². The summed E-state index contributed by atoms with van der Waals surface area (Å²) in [6, 6.07) is 6.85. The monoisotopic (exact) mass is 317 g/mol. The molecule has 1 fully saturated rings. The first-order valence-electron chi connectivity index (χ1n) is 8.08. The lowest BCUT2D eigenvalue weighted by atomic mass is 10.2. The van der Waals surface area contributed by atoms with Gasteiger partial charge in [0.1, 0.15) is 5.75 Å². The van der Waals surface area contributed by atoms with Gasteiger partial charge in [0.25, 0.3) is 0 Å². The molecule has 2 rings (SSSR count). The van der Waals surface area contributed by atoms with Gasteiger partial charge in [0.05, 0.1) is 6.61 Å². The number of hydrogen-bond donors (Lipinski definition) is 2. The summed E-state index contributed by atoms with van der Waals surface area (Å²) in [5.41, 5.74) is 3.84. The number of hydrogen-bond acceptors (Lipinski definition) is 4. The van der Waals surface area contributed by atoms with Crippen LogP contribution in [0.25, 0.3) is 0 Å². The lowest BCUT2D eigenvalue weighted by molar-refractivity contribution is -0.136. The predicted molar refractivity (Wildman–Crippen MR) is 89.5 cm³/mol. The Bertz CT molecular complexity index is 557. The number of rotatable bonds is 4. The molecule has 0 radical (unpaired) electrons. The molecule has 124 valence electrons. The van der Waals surface area contributed by atoms with Gasteiger partial charge in [-0.3, -0.25) is 9.59 Å². The van der Waals surface area contributed by atoms with Gasteiger partial charge in [-0.15, -0.1) is 0 Å². The third-order valence-electron chi connectivity index (χ3n) is 3.63. The van der Waals surface area contributed by atoms with E-state index in [9.17, 15) is 9.59 Å². The molecule has 0 aliphatic heterocycles. The summed E-state index contributed by atoms with van der Waals surface area (Å²) < 4.78 is 5.32. The van der Waals surface area contributed by atoms with Gasteiger partial charge in [-0.2, -0.15) is 5.10 Å². The molecule has 0 spiro atoms. The summed E-state index contributed by atoms with van der Waals surface area (Å²) in [5.74, 6) is -0.766. The van der Waals surface area contributed by atoms with E-state index < -0.39 is 11.8 Å². The Morgan fingerprint density at radius 1 is 1.04 bits per heavy atom. The van der Waals surface area contributed by atoms with Crippen molar-refractivity contribution in [3.05, 3.63) is 24.3 Å². The number of carbonyl (C=O) groups excluding carboxylic acids is 2. The Morgan fingerprint density at radius 2 is 1.70 bits per heavy atom. The van der Waals surface area contributed by atoms with Crippen LogP contribution in [0.3, 0.4) is 0 Å². The first-order chi connectivity index (χ1) is 11.2. The quantitative estimate of drug-likeness (QED) is 0.509. The normalized spacial score (nSPS) is 14.6. The zero-order valence-corrected chi connectivity index (χ0v) is 13.4. The van der Waals surface area contributed by atoms with Gasteiger partial charge < -0.3 is 10.1 Å². The SMILES string of the molecule is CCOc1ccc(NC(=O)C(=O)NN=C2CCCCCC2)cc1. The molecule has 0 unspecified atom stereocenters. The number of carbonyl (C=O) groups is 2. The number of benzene rings is 1. The Hall–Kier alpha value is -2.37. The highest BCUT2D eigenvalue weighted by Gasteiger charge is 2.14. The maximum absolute atomic E-state index is 11.8. The van der Waals surface area contributed by atoms with Crippen LogP contribution in [-0.4, -0.2) is 24.1 Å². The van der Waals surface area contributed by atoms with Crippen LogP contribution in [0.4, 0.5) is 5.69 Å². The molecule has 6 heteroatoms. The van der Waals surface area contributed by atoms with E-state index in [1.807, 2.05) is 6.92 Å². The molecule has 1 saturated carbocycles. The number of nitrogens with one attached hydrogen (secondary N) is 2. The molecular weight excluding hydrogens is 294 g/mol. The van der Waals surface area contributed by atoms with E-state index in [1.165, 1.54) is 12.8 Å². The summed E-state index contributed by atoms with van der Waals surface area (Å²) >= 11 is 0. The van der Waals surface area contributed by atoms with Gasteiger partial charge in [0.2, 0.25) is 0 Å². The van der Waals surface area contributed by atoms with Crippen LogP contribution in [0, 0.1) is 0 Å². The third kappa shape index (κ3) is 5.73. The summed E-state index contributed by atoms with van der Waals surface area (Å²) in [6.45, 7) is 2.48. The van der Waals surface area contributed by atoms with E-state index in [0.29, 0.717) is 12.3 Å². The highest BCUT2D eigenvalue weighted by Crippen LogP contribution is 2.16. The fourth-order valence-electron chi connectivity index (χ4n) is 2.42. The predicted octanol–water partition coefficient (Wildman–Crippen LogP) is 2.85. The van der Waals surface area contributed by atoms with Crippen molar-refractivity contribution in [2.75, 3.05) is 11.9 Å². The van der Waals surface area contributed by atoms with Crippen molar-refractivity contribution in [2.45, 2.75) is 45.4 Å². The van der Waals surface area contributed by atoms with Gasteiger partial charge in [-0.1, -0.05) is 12.8 Å². The fraction of sp³-hybridized carbons (Fsp3) is 0.471. The van der Waals surface area contributed by atoms with Crippen LogP contribution >= 0.6 is 0 Å². The lowest BCUT2D eigenvalue weighted by Crippen LogP contribution is -2.33. The standard InChI is InChI=1S/C17H23N3O3/c1-2-23-15-11-9-13(10-12-15)18-16(21)17(22)20-19-14-7-5-3-4-6-8-14/h9-12H,2-8H2,1H3,(H,18,21)(H,20,22). The van der Waals surface area contributed by atoms with E-state index >= 15 is 0 Å². The van der Waals surface area contributed by atoms with Crippen molar-refractivity contribution in [2.24, 2.45) is 5.10 Å².